The van der Waals surface area contributed by atoms with Crippen LogP contribution in [0.25, 0.3) is 0 Å². The Morgan fingerprint density at radius 1 is 0.508 bits per heavy atom. The maximum atomic E-state index is 9.24. The monoisotopic (exact) mass is 1900 g/mol. The molecule has 0 bridgehead atoms. The molecular formula is C45H72O14Rf4-4. The zero-order valence-electron chi connectivity index (χ0n) is 38.0. The summed E-state index contributed by atoms with van der Waals surface area (Å²) < 4.78 is 63.3. The number of benzene rings is 2. The van der Waals surface area contributed by atoms with Gasteiger partial charge in [0.15, 0.2) is 12.6 Å². The zero-order chi connectivity index (χ0) is 42.5. The maximum absolute atomic E-state index is 9.24. The fourth-order valence-electron chi connectivity index (χ4n) is 5.96. The molecule has 2 aromatic carbocycles. The molecule has 2 aromatic rings. The van der Waals surface area contributed by atoms with Gasteiger partial charge >= 0.3 is 0 Å². The van der Waals surface area contributed by atoms with E-state index in [2.05, 4.69) is 62.2 Å². The number of hydrogen-bond donors (Lipinski definition) is 2. The Morgan fingerprint density at radius 3 is 1.24 bits per heavy atom. The maximum Gasteiger partial charge on any atom is 0.157 e. The zero-order valence-corrected chi connectivity index (χ0v) is 63.6. The summed E-state index contributed by atoms with van der Waals surface area (Å²) in [5, 5.41) is 18.5. The van der Waals surface area contributed by atoms with E-state index in [9.17, 15) is 10.2 Å². The largest absolute Gasteiger partial charge is 0.555 e. The van der Waals surface area contributed by atoms with Crippen LogP contribution in [0.15, 0.2) is 60.7 Å². The Labute approximate surface area is 353 Å². The van der Waals surface area contributed by atoms with Crippen molar-refractivity contribution in [3.05, 3.63) is 100 Å². The minimum absolute atomic E-state index is 0. The molecule has 0 saturated carbocycles. The van der Waals surface area contributed by atoms with Crippen molar-refractivity contribution in [3.8, 4) is 0 Å². The van der Waals surface area contributed by atoms with Crippen LogP contribution in [-0.4, -0.2) is 127 Å². The van der Waals surface area contributed by atoms with Crippen LogP contribution in [0.3, 0.4) is 0 Å². The van der Waals surface area contributed by atoms with Gasteiger partial charge in [0.05, 0.1) is 65.1 Å². The van der Waals surface area contributed by atoms with Crippen LogP contribution in [0, 0.1) is 33.9 Å². The smallest absolute Gasteiger partial charge is 0.157 e. The summed E-state index contributed by atoms with van der Waals surface area (Å²) in [5.41, 5.74) is 2.10. The first kappa shape index (κ1) is 61.2. The second-order valence-electron chi connectivity index (χ2n) is 14.3. The molecular weight excluding hydrogens is 1830 g/mol. The summed E-state index contributed by atoms with van der Waals surface area (Å²) in [6.07, 6.45) is 6.65. The van der Waals surface area contributed by atoms with E-state index in [4.69, 9.17) is 47.4 Å². The first-order chi connectivity index (χ1) is 28.9. The molecule has 348 valence electrons. The third-order valence-corrected chi connectivity index (χ3v) is 9.17. The Kier molecular flexibility index (Phi) is 40.1. The molecule has 2 aliphatic rings. The van der Waals surface area contributed by atoms with E-state index in [1.807, 2.05) is 36.4 Å². The van der Waals surface area contributed by atoms with Gasteiger partial charge in [0.25, 0.3) is 0 Å². The molecule has 0 radical (unpaired) electrons. The summed E-state index contributed by atoms with van der Waals surface area (Å²) >= 11 is 0. The predicted molar refractivity (Wildman–Crippen MR) is 222 cm³/mol. The van der Waals surface area contributed by atoms with Gasteiger partial charge in [0.1, 0.15) is 0 Å². The van der Waals surface area contributed by atoms with Crippen LogP contribution in [0.2, 0.25) is 0 Å². The average Bonchev–Trinajstić information content (AvgIpc) is 3.26. The molecule has 0 amide bonds. The minimum atomic E-state index is -0.622. The molecule has 4 rings (SSSR count). The van der Waals surface area contributed by atoms with Crippen LogP contribution < -0.4 is 0 Å². The van der Waals surface area contributed by atoms with Crippen LogP contribution in [0.1, 0.15) is 62.5 Å². The van der Waals surface area contributed by atoms with Crippen molar-refractivity contribution in [1.29, 1.82) is 0 Å². The van der Waals surface area contributed by atoms with Crippen molar-refractivity contribution in [2.45, 2.75) is 89.4 Å². The first-order valence-corrected chi connectivity index (χ1v) is 20.6. The van der Waals surface area contributed by atoms with Crippen molar-refractivity contribution in [3.63, 3.8) is 0 Å². The normalized spacial score (nSPS) is 16.8. The topological polar surface area (TPSA) is 151 Å². The standard InChI is InChI=1S/C23H30O4.2C11H21O5.4Rf/c1-24-19-23(20-25-2,13-15-26-17-21-9-5-3-6-10-21)14-16-27-18-22-11-7-4-8-12-22;2*1-13-8-10(12)9-14-6-7-16-11-4-2-3-5-15-11;;;;/h3-12H,1-2,13-20H2;2*10-12H,1-9H2;;;;/q-2;2*-1;;;;. The SMILES string of the molecule is [CH2-]OCC(CCOCc1ccccc1)(CCOCc1ccccc1)CO[CH2-].[CH2-]OCC(O)COCCOC1CCCCO1.[CH2-]OCC(O)COCCOC1CCCCO1.[Rf].[Rf].[Rf].[Rf]. The van der Waals surface area contributed by atoms with Gasteiger partial charge in [-0.05, 0) is 62.5 Å². The number of hydrogen-bond acceptors (Lipinski definition) is 14. The molecule has 4 unspecified atom stereocenters. The van der Waals surface area contributed by atoms with Crippen LogP contribution in [0.5, 0.6) is 0 Å². The van der Waals surface area contributed by atoms with Crippen LogP contribution in [0.4, 0.5) is 0 Å². The Balaban J connectivity index is -0.000000875. The third kappa shape index (κ3) is 31.4. The van der Waals surface area contributed by atoms with Crippen LogP contribution >= 0.6 is 0 Å². The van der Waals surface area contributed by atoms with Gasteiger partial charge in [0.2, 0.25) is 0 Å². The molecule has 2 N–H and O–H groups in total. The molecule has 0 aliphatic carbocycles. The number of aliphatic hydroxyl groups is 2. The van der Waals surface area contributed by atoms with Crippen LogP contribution in [-0.2, 0) is 70.1 Å². The van der Waals surface area contributed by atoms with Gasteiger partial charge in [-0.3, -0.25) is 0 Å². The fourth-order valence-corrected chi connectivity index (χ4v) is 5.96. The summed E-state index contributed by atoms with van der Waals surface area (Å²) in [6, 6.07) is 20.3. The summed E-state index contributed by atoms with van der Waals surface area (Å²) in [7, 11) is 13.4. The minimum Gasteiger partial charge on any atom is -0.555 e. The predicted octanol–water partition coefficient (Wildman–Crippen LogP) is 6.23. The molecule has 63 heavy (non-hydrogen) atoms. The second-order valence-corrected chi connectivity index (χ2v) is 14.3. The molecule has 4 atom stereocenters. The van der Waals surface area contributed by atoms with Gasteiger partial charge in [-0.15, -0.1) is 0 Å². The quantitative estimate of drug-likeness (QED) is 0.0672. The summed E-state index contributed by atoms with van der Waals surface area (Å²) in [6.45, 7) is 7.67. The number of aliphatic hydroxyl groups excluding tert-OH is 2. The third-order valence-electron chi connectivity index (χ3n) is 9.17. The van der Waals surface area contributed by atoms with Crippen molar-refractivity contribution >= 4 is 0 Å². The van der Waals surface area contributed by atoms with E-state index >= 15 is 0 Å². The van der Waals surface area contributed by atoms with E-state index in [1.54, 1.807) is 0 Å². The van der Waals surface area contributed by atoms with E-state index in [0.29, 0.717) is 66.1 Å². The molecule has 0 aromatic heterocycles. The number of rotatable bonds is 30. The van der Waals surface area contributed by atoms with Gasteiger partial charge < -0.3 is 67.1 Å². The Hall–Kier alpha value is -6.12. The molecule has 2 saturated heterocycles. The summed E-state index contributed by atoms with van der Waals surface area (Å²) in [4.78, 5) is 0. The van der Waals surface area contributed by atoms with Gasteiger partial charge in [-0.25, -0.2) is 28.4 Å². The molecule has 0 spiro atoms. The Morgan fingerprint density at radius 2 is 0.905 bits per heavy atom. The molecule has 2 aliphatic heterocycles. The molecule has 14 nitrogen and oxygen atoms in total. The van der Waals surface area contributed by atoms with Crippen molar-refractivity contribution in [2.75, 3.05) is 92.5 Å². The Bertz CT molecular complexity index is 1100. The first-order valence-electron chi connectivity index (χ1n) is 20.6. The number of ether oxygens (including phenoxy) is 12. The van der Waals surface area contributed by atoms with Crippen molar-refractivity contribution in [1.82, 2.24) is 0 Å². The van der Waals surface area contributed by atoms with Crippen molar-refractivity contribution in [2.24, 2.45) is 5.41 Å². The van der Waals surface area contributed by atoms with Crippen molar-refractivity contribution < 1.29 is 67.1 Å². The summed E-state index contributed by atoms with van der Waals surface area (Å²) in [5.74, 6) is 0. The van der Waals surface area contributed by atoms with E-state index in [1.165, 1.54) is 0 Å². The fraction of sp³-hybridized carbons (Fsp3) is 0.644. The van der Waals surface area contributed by atoms with Gasteiger partial charge in [-0.2, -0.15) is 0 Å². The average molecular weight is 1910 g/mol. The second kappa shape index (κ2) is 41.2. The van der Waals surface area contributed by atoms with Gasteiger partial charge in [-0.1, -0.05) is 60.7 Å². The molecule has 18 heteroatoms. The van der Waals surface area contributed by atoms with E-state index in [-0.39, 0.29) is 44.4 Å². The molecule has 2 heterocycles. The molecule has 2 fully saturated rings. The van der Waals surface area contributed by atoms with E-state index in [0.717, 1.165) is 75.7 Å². The van der Waals surface area contributed by atoms with E-state index < -0.39 is 12.2 Å². The van der Waals surface area contributed by atoms with Gasteiger partial charge in [0, 0.05) is 58.3 Å².